The highest BCUT2D eigenvalue weighted by molar-refractivity contribution is 6.09. The third kappa shape index (κ3) is 3.56. The van der Waals surface area contributed by atoms with E-state index in [0.717, 1.165) is 16.8 Å². The summed E-state index contributed by atoms with van der Waals surface area (Å²) in [5, 5.41) is 10.2. The molecular formula is C27H26N2O4. The van der Waals surface area contributed by atoms with Gasteiger partial charge in [0.2, 0.25) is 5.91 Å². The number of ether oxygens (including phenoxy) is 1. The monoisotopic (exact) mass is 442 g/mol. The fourth-order valence-electron chi connectivity index (χ4n) is 5.26. The van der Waals surface area contributed by atoms with Crippen molar-refractivity contribution in [3.8, 4) is 5.75 Å². The van der Waals surface area contributed by atoms with Gasteiger partial charge in [0, 0.05) is 18.2 Å². The summed E-state index contributed by atoms with van der Waals surface area (Å²) in [6.07, 6.45) is 0.267. The van der Waals surface area contributed by atoms with Gasteiger partial charge in [0.25, 0.3) is 5.91 Å². The van der Waals surface area contributed by atoms with Gasteiger partial charge in [-0.1, -0.05) is 60.7 Å². The number of para-hydroxylation sites is 2. The van der Waals surface area contributed by atoms with Gasteiger partial charge >= 0.3 is 0 Å². The van der Waals surface area contributed by atoms with Crippen molar-refractivity contribution < 1.29 is 19.4 Å². The van der Waals surface area contributed by atoms with Crippen molar-refractivity contribution in [3.05, 3.63) is 95.6 Å². The van der Waals surface area contributed by atoms with Crippen LogP contribution < -0.4 is 9.64 Å². The fourth-order valence-corrected chi connectivity index (χ4v) is 5.26. The van der Waals surface area contributed by atoms with Crippen molar-refractivity contribution in [2.24, 2.45) is 0 Å². The summed E-state index contributed by atoms with van der Waals surface area (Å²) in [6.45, 7) is 0.256. The van der Waals surface area contributed by atoms with Crippen LogP contribution in [0.4, 0.5) is 5.69 Å². The predicted octanol–water partition coefficient (Wildman–Crippen LogP) is 3.25. The number of hydrogen-bond acceptors (Lipinski definition) is 4. The molecule has 2 heterocycles. The summed E-state index contributed by atoms with van der Waals surface area (Å²) >= 11 is 0. The third-order valence-corrected chi connectivity index (χ3v) is 6.76. The maximum absolute atomic E-state index is 13.6. The zero-order valence-corrected chi connectivity index (χ0v) is 18.4. The van der Waals surface area contributed by atoms with Crippen LogP contribution in [0.1, 0.15) is 27.4 Å². The summed E-state index contributed by atoms with van der Waals surface area (Å²) < 4.78 is 5.42. The molecule has 168 valence electrons. The number of methoxy groups -OCH3 is 1. The Morgan fingerprint density at radius 1 is 0.970 bits per heavy atom. The molecule has 6 nitrogen and oxygen atoms in total. The topological polar surface area (TPSA) is 70.1 Å². The Hall–Kier alpha value is -3.64. The van der Waals surface area contributed by atoms with Gasteiger partial charge in [-0.15, -0.1) is 0 Å². The second-order valence-corrected chi connectivity index (χ2v) is 8.48. The number of carbonyl (C=O) groups is 2. The van der Waals surface area contributed by atoms with E-state index in [9.17, 15) is 14.7 Å². The predicted molar refractivity (Wildman–Crippen MR) is 126 cm³/mol. The first-order chi connectivity index (χ1) is 16.1. The van der Waals surface area contributed by atoms with Crippen LogP contribution in [0.3, 0.4) is 0 Å². The van der Waals surface area contributed by atoms with Crippen molar-refractivity contribution in [2.75, 3.05) is 25.2 Å². The molecular weight excluding hydrogens is 416 g/mol. The zero-order chi connectivity index (χ0) is 22.9. The minimum atomic E-state index is -0.295. The number of anilines is 1. The smallest absolute Gasteiger partial charge is 0.262 e. The number of carbonyl (C=O) groups excluding carboxylic acids is 2. The lowest BCUT2D eigenvalue weighted by atomic mass is 9.71. The molecule has 1 saturated heterocycles. The van der Waals surface area contributed by atoms with Gasteiger partial charge < -0.3 is 19.6 Å². The van der Waals surface area contributed by atoms with Gasteiger partial charge in [-0.3, -0.25) is 9.59 Å². The number of nitrogens with zero attached hydrogens (tertiary/aromatic N) is 2. The minimum Gasteiger partial charge on any atom is -0.496 e. The average molecular weight is 443 g/mol. The third-order valence-electron chi connectivity index (χ3n) is 6.76. The summed E-state index contributed by atoms with van der Waals surface area (Å²) in [5.74, 6) is 0.306. The van der Waals surface area contributed by atoms with Crippen LogP contribution in [0, 0.1) is 0 Å². The molecule has 3 aromatic rings. The number of rotatable bonds is 5. The van der Waals surface area contributed by atoms with Crippen LogP contribution in [-0.2, 0) is 11.2 Å². The second-order valence-electron chi connectivity index (χ2n) is 8.48. The maximum Gasteiger partial charge on any atom is 0.262 e. The van der Waals surface area contributed by atoms with Crippen molar-refractivity contribution in [1.29, 1.82) is 0 Å². The van der Waals surface area contributed by atoms with Crippen LogP contribution in [0.5, 0.6) is 5.75 Å². The number of aliphatic hydroxyl groups is 1. The summed E-state index contributed by atoms with van der Waals surface area (Å²) in [5.41, 5.74) is 3.22. The highest BCUT2D eigenvalue weighted by Crippen LogP contribution is 2.48. The maximum atomic E-state index is 13.6. The van der Waals surface area contributed by atoms with Crippen molar-refractivity contribution in [2.45, 2.75) is 24.4 Å². The highest BCUT2D eigenvalue weighted by atomic mass is 16.5. The normalized spacial score (nSPS) is 21.0. The van der Waals surface area contributed by atoms with Crippen LogP contribution in [-0.4, -0.2) is 54.2 Å². The summed E-state index contributed by atoms with van der Waals surface area (Å²) in [7, 11) is 1.55. The van der Waals surface area contributed by atoms with E-state index in [1.165, 1.54) is 0 Å². The average Bonchev–Trinajstić information content (AvgIpc) is 2.84. The Morgan fingerprint density at radius 3 is 2.42 bits per heavy atom. The van der Waals surface area contributed by atoms with E-state index in [4.69, 9.17) is 4.74 Å². The largest absolute Gasteiger partial charge is 0.496 e. The Bertz CT molecular complexity index is 1180. The van der Waals surface area contributed by atoms with Gasteiger partial charge in [-0.05, 0) is 29.3 Å². The number of aliphatic hydroxyl groups excluding tert-OH is 1. The van der Waals surface area contributed by atoms with E-state index in [1.54, 1.807) is 29.0 Å². The van der Waals surface area contributed by atoms with E-state index in [0.29, 0.717) is 17.9 Å². The highest BCUT2D eigenvalue weighted by Gasteiger charge is 2.55. The summed E-state index contributed by atoms with van der Waals surface area (Å²) in [4.78, 5) is 30.4. The first kappa shape index (κ1) is 21.2. The van der Waals surface area contributed by atoms with Gasteiger partial charge in [-0.25, -0.2) is 0 Å². The molecule has 33 heavy (non-hydrogen) atoms. The molecule has 0 unspecified atom stereocenters. The summed E-state index contributed by atoms with van der Waals surface area (Å²) in [6, 6.07) is 24.1. The number of amides is 2. The lowest BCUT2D eigenvalue weighted by Crippen LogP contribution is -2.71. The van der Waals surface area contributed by atoms with E-state index >= 15 is 0 Å². The molecule has 5 rings (SSSR count). The molecule has 2 aliphatic heterocycles. The van der Waals surface area contributed by atoms with E-state index in [2.05, 4.69) is 0 Å². The van der Waals surface area contributed by atoms with Crippen molar-refractivity contribution in [3.63, 3.8) is 0 Å². The van der Waals surface area contributed by atoms with Crippen molar-refractivity contribution >= 4 is 17.5 Å². The SMILES string of the molecule is COc1ccccc1C(=O)N1C[C@H]2[C@@H](c3ccccc31)[C@@H](CO)N2C(=O)Cc1ccccc1. The minimum absolute atomic E-state index is 0.00681. The number of hydrogen-bond donors (Lipinski definition) is 1. The first-order valence-electron chi connectivity index (χ1n) is 11.1. The van der Waals surface area contributed by atoms with E-state index in [1.807, 2.05) is 66.7 Å². The Balaban J connectivity index is 1.49. The molecule has 6 heteroatoms. The van der Waals surface area contributed by atoms with Gasteiger partial charge in [0.1, 0.15) is 5.75 Å². The molecule has 2 aliphatic rings. The molecule has 0 spiro atoms. The quantitative estimate of drug-likeness (QED) is 0.659. The van der Waals surface area contributed by atoms with Gasteiger partial charge in [0.05, 0.1) is 37.8 Å². The standard InChI is InChI=1S/C27H26N2O4/c1-33-24-14-8-6-12-20(24)27(32)28-16-22-26(19-11-5-7-13-21(19)28)23(17-30)29(22)25(31)15-18-9-3-2-4-10-18/h2-14,22-23,26,30H,15-17H2,1H3/t22-,23+,26+/m0/s1. The van der Waals surface area contributed by atoms with Gasteiger partial charge in [0.15, 0.2) is 0 Å². The van der Waals surface area contributed by atoms with E-state index < -0.39 is 0 Å². The van der Waals surface area contributed by atoms with Crippen LogP contribution >= 0.6 is 0 Å². The number of fused-ring (bicyclic) bond motifs is 3. The molecule has 3 aromatic carbocycles. The molecule has 0 bridgehead atoms. The molecule has 0 saturated carbocycles. The Kier molecular flexibility index (Phi) is 5.60. The molecule has 0 radical (unpaired) electrons. The van der Waals surface area contributed by atoms with Gasteiger partial charge in [-0.2, -0.15) is 0 Å². The number of likely N-dealkylation sites (tertiary alicyclic amines) is 1. The molecule has 3 atom stereocenters. The van der Waals surface area contributed by atoms with Crippen LogP contribution in [0.25, 0.3) is 0 Å². The molecule has 2 amide bonds. The molecule has 0 aromatic heterocycles. The second kappa shape index (κ2) is 8.71. The zero-order valence-electron chi connectivity index (χ0n) is 18.4. The Morgan fingerprint density at radius 2 is 1.67 bits per heavy atom. The lowest BCUT2D eigenvalue weighted by Gasteiger charge is -2.59. The van der Waals surface area contributed by atoms with Crippen LogP contribution in [0.15, 0.2) is 78.9 Å². The lowest BCUT2D eigenvalue weighted by molar-refractivity contribution is -0.149. The Labute approximate surface area is 193 Å². The van der Waals surface area contributed by atoms with Crippen molar-refractivity contribution in [1.82, 2.24) is 4.90 Å². The molecule has 0 aliphatic carbocycles. The molecule has 1 N–H and O–H groups in total. The first-order valence-corrected chi connectivity index (χ1v) is 11.1. The van der Waals surface area contributed by atoms with E-state index in [-0.39, 0.29) is 42.8 Å². The number of benzene rings is 3. The fraction of sp³-hybridized carbons (Fsp3) is 0.259. The molecule has 1 fully saturated rings. The van der Waals surface area contributed by atoms with Crippen LogP contribution in [0.2, 0.25) is 0 Å².